The molecule has 2 aliphatic heterocycles. The van der Waals surface area contributed by atoms with Gasteiger partial charge in [-0.2, -0.15) is 0 Å². The summed E-state index contributed by atoms with van der Waals surface area (Å²) in [4.78, 5) is 19.2. The predicted molar refractivity (Wildman–Crippen MR) is 128 cm³/mol. The normalized spacial score (nSPS) is 30.6. The third kappa shape index (κ3) is 4.49. The smallest absolute Gasteiger partial charge is 0.231 e. The Morgan fingerprint density at radius 3 is 2.82 bits per heavy atom. The minimum Gasteiger partial charge on any atom is -0.389 e. The van der Waals surface area contributed by atoms with Crippen LogP contribution in [-0.4, -0.2) is 71.6 Å². The van der Waals surface area contributed by atoms with E-state index >= 15 is 0 Å². The van der Waals surface area contributed by atoms with Gasteiger partial charge in [0, 0.05) is 23.2 Å². The van der Waals surface area contributed by atoms with Gasteiger partial charge in [-0.25, -0.2) is 4.98 Å². The van der Waals surface area contributed by atoms with Gasteiger partial charge in [0.1, 0.15) is 5.82 Å². The molecule has 2 N–H and O–H groups in total. The summed E-state index contributed by atoms with van der Waals surface area (Å²) >= 11 is 6.69. The largest absolute Gasteiger partial charge is 0.389 e. The van der Waals surface area contributed by atoms with Crippen LogP contribution in [0.2, 0.25) is 5.02 Å². The number of halogens is 1. The zero-order valence-corrected chi connectivity index (χ0v) is 20.0. The van der Waals surface area contributed by atoms with Crippen LogP contribution in [0.3, 0.4) is 0 Å². The number of rotatable bonds is 6. The lowest BCUT2D eigenvalue weighted by Gasteiger charge is -2.43. The van der Waals surface area contributed by atoms with Crippen LogP contribution in [0.15, 0.2) is 24.4 Å². The van der Waals surface area contributed by atoms with E-state index in [0.29, 0.717) is 31.6 Å². The van der Waals surface area contributed by atoms with E-state index in [4.69, 9.17) is 21.1 Å². The van der Waals surface area contributed by atoms with Crippen molar-refractivity contribution in [3.05, 3.63) is 35.0 Å². The lowest BCUT2D eigenvalue weighted by molar-refractivity contribution is -0.118. The van der Waals surface area contributed by atoms with E-state index in [-0.39, 0.29) is 23.5 Å². The number of piperidine rings is 1. The summed E-state index contributed by atoms with van der Waals surface area (Å²) in [5.74, 6) is 0.791. The van der Waals surface area contributed by atoms with E-state index < -0.39 is 6.10 Å². The second kappa shape index (κ2) is 9.12. The van der Waals surface area contributed by atoms with Crippen molar-refractivity contribution in [1.82, 2.24) is 9.88 Å². The number of carbonyl (C=O) groups excluding carboxylic acids is 1. The Kier molecular flexibility index (Phi) is 6.35. The molecule has 7 nitrogen and oxygen atoms in total. The van der Waals surface area contributed by atoms with Crippen molar-refractivity contribution in [3.8, 4) is 0 Å². The number of ether oxygens (including phenoxy) is 2. The molecule has 1 aromatic carbocycles. The van der Waals surface area contributed by atoms with Gasteiger partial charge in [-0.15, -0.1) is 0 Å². The molecule has 5 rings (SSSR count). The molecule has 1 aromatic heterocycles. The molecule has 0 radical (unpaired) electrons. The molecule has 2 saturated heterocycles. The highest BCUT2D eigenvalue weighted by atomic mass is 35.5. The van der Waals surface area contributed by atoms with Crippen LogP contribution in [0.4, 0.5) is 5.82 Å². The monoisotopic (exact) mass is 473 g/mol. The summed E-state index contributed by atoms with van der Waals surface area (Å²) in [7, 11) is 0. The number of nitrogens with zero attached hydrogens (tertiary/aromatic N) is 2. The molecule has 0 unspecified atom stereocenters. The molecular formula is C25H32ClN3O4. The van der Waals surface area contributed by atoms with Crippen LogP contribution >= 0.6 is 11.6 Å². The topological polar surface area (TPSA) is 83.9 Å². The Morgan fingerprint density at radius 1 is 1.33 bits per heavy atom. The predicted octanol–water partition coefficient (Wildman–Crippen LogP) is 3.58. The molecule has 4 atom stereocenters. The van der Waals surface area contributed by atoms with Crippen LogP contribution in [0.25, 0.3) is 10.8 Å². The summed E-state index contributed by atoms with van der Waals surface area (Å²) in [5, 5.41) is 16.1. The molecule has 1 saturated carbocycles. The zero-order chi connectivity index (χ0) is 23.2. The van der Waals surface area contributed by atoms with Gasteiger partial charge < -0.3 is 19.9 Å². The van der Waals surface area contributed by atoms with Gasteiger partial charge in [0.2, 0.25) is 5.91 Å². The number of carbonyl (C=O) groups is 1. The lowest BCUT2D eigenvalue weighted by atomic mass is 9.85. The van der Waals surface area contributed by atoms with Crippen molar-refractivity contribution in [2.75, 3.05) is 38.2 Å². The number of hydrogen-bond donors (Lipinski definition) is 2. The average molecular weight is 474 g/mol. The quantitative estimate of drug-likeness (QED) is 0.667. The molecule has 2 aromatic rings. The third-order valence-corrected chi connectivity index (χ3v) is 7.91. The molecule has 1 aliphatic carbocycles. The van der Waals surface area contributed by atoms with Crippen molar-refractivity contribution < 1.29 is 19.4 Å². The Balaban J connectivity index is 1.29. The first-order valence-electron chi connectivity index (χ1n) is 11.9. The lowest BCUT2D eigenvalue weighted by Crippen LogP contribution is -2.56. The number of amides is 1. The van der Waals surface area contributed by atoms with Crippen molar-refractivity contribution in [1.29, 1.82) is 0 Å². The first kappa shape index (κ1) is 23.0. The number of aliphatic hydroxyl groups is 1. The second-order valence-corrected chi connectivity index (χ2v) is 10.2. The van der Waals surface area contributed by atoms with Crippen LogP contribution in [0, 0.1) is 5.92 Å². The van der Waals surface area contributed by atoms with E-state index in [1.54, 1.807) is 6.20 Å². The highest BCUT2D eigenvalue weighted by Gasteiger charge is 2.45. The van der Waals surface area contributed by atoms with Crippen LogP contribution < -0.4 is 5.32 Å². The van der Waals surface area contributed by atoms with E-state index in [1.807, 2.05) is 19.1 Å². The number of aliphatic hydroxyl groups excluding tert-OH is 1. The van der Waals surface area contributed by atoms with Crippen molar-refractivity contribution in [3.63, 3.8) is 0 Å². The van der Waals surface area contributed by atoms with Crippen molar-refractivity contribution in [2.45, 2.75) is 56.8 Å². The van der Waals surface area contributed by atoms with Crippen LogP contribution in [0.5, 0.6) is 0 Å². The number of pyridine rings is 1. The van der Waals surface area contributed by atoms with E-state index in [1.165, 1.54) is 0 Å². The van der Waals surface area contributed by atoms with Crippen LogP contribution in [-0.2, 0) is 14.3 Å². The summed E-state index contributed by atoms with van der Waals surface area (Å²) < 4.78 is 11.0. The molecule has 3 fully saturated rings. The number of aromatic nitrogens is 1. The van der Waals surface area contributed by atoms with Gasteiger partial charge in [0.05, 0.1) is 36.9 Å². The van der Waals surface area contributed by atoms with Gasteiger partial charge >= 0.3 is 0 Å². The number of likely N-dealkylation sites (tertiary alicyclic amines) is 1. The van der Waals surface area contributed by atoms with Gasteiger partial charge in [-0.05, 0) is 81.3 Å². The fourth-order valence-electron chi connectivity index (χ4n) is 5.29. The first-order valence-corrected chi connectivity index (χ1v) is 12.3. The van der Waals surface area contributed by atoms with Gasteiger partial charge in [0.15, 0.2) is 0 Å². The maximum absolute atomic E-state index is 12.5. The van der Waals surface area contributed by atoms with Gasteiger partial charge in [-0.1, -0.05) is 11.6 Å². The summed E-state index contributed by atoms with van der Waals surface area (Å²) in [6, 6.07) is 6.04. The Hall–Kier alpha value is -1.77. The summed E-state index contributed by atoms with van der Waals surface area (Å²) in [5.41, 5.74) is 0.832. The SMILES string of the molecule is CCO[C@H]1C[C@H]1C(=O)Nc1cc2cc(C3CCN([C@]4(C)COC[C@@H]4O)CC3)c(Cl)cc2cn1. The molecule has 1 amide bonds. The third-order valence-electron chi connectivity index (χ3n) is 7.58. The van der Waals surface area contributed by atoms with Gasteiger partial charge in [-0.3, -0.25) is 9.69 Å². The summed E-state index contributed by atoms with van der Waals surface area (Å²) in [6.07, 6.45) is 4.07. The molecule has 3 heterocycles. The Labute approximate surface area is 199 Å². The highest BCUT2D eigenvalue weighted by Crippen LogP contribution is 2.39. The Morgan fingerprint density at radius 2 is 2.12 bits per heavy atom. The number of benzene rings is 1. The molecular weight excluding hydrogens is 442 g/mol. The molecule has 0 spiro atoms. The number of hydrogen-bond acceptors (Lipinski definition) is 6. The minimum atomic E-state index is -0.445. The molecule has 3 aliphatic rings. The zero-order valence-electron chi connectivity index (χ0n) is 19.2. The van der Waals surface area contributed by atoms with Crippen molar-refractivity contribution >= 4 is 34.1 Å². The van der Waals surface area contributed by atoms with Gasteiger partial charge in [0.25, 0.3) is 0 Å². The second-order valence-electron chi connectivity index (χ2n) is 9.77. The van der Waals surface area contributed by atoms with Crippen molar-refractivity contribution in [2.24, 2.45) is 5.92 Å². The van der Waals surface area contributed by atoms with Crippen LogP contribution in [0.1, 0.15) is 44.6 Å². The Bertz CT molecular complexity index is 1040. The number of anilines is 1. The van der Waals surface area contributed by atoms with E-state index in [0.717, 1.165) is 53.7 Å². The average Bonchev–Trinajstić information content (AvgIpc) is 3.50. The first-order chi connectivity index (χ1) is 15.9. The maximum atomic E-state index is 12.5. The fourth-order valence-corrected chi connectivity index (χ4v) is 5.61. The molecule has 0 bridgehead atoms. The number of nitrogens with one attached hydrogen (secondary N) is 1. The molecule has 33 heavy (non-hydrogen) atoms. The number of fused-ring (bicyclic) bond motifs is 1. The van der Waals surface area contributed by atoms with E-state index in [2.05, 4.69) is 28.2 Å². The standard InChI is InChI=1S/C25H32ClN3O4/c1-3-33-21-11-19(21)24(31)28-23-10-16-8-18(20(26)9-17(16)12-27-23)15-4-6-29(7-5-15)25(2)14-32-13-22(25)30/h8-10,12,15,19,21-22,30H,3-7,11,13-14H2,1-2H3,(H,27,28,31)/t19-,21+,22+,25-/m1/s1. The maximum Gasteiger partial charge on any atom is 0.231 e. The summed E-state index contributed by atoms with van der Waals surface area (Å²) in [6.45, 7) is 7.44. The molecule has 178 valence electrons. The highest BCUT2D eigenvalue weighted by molar-refractivity contribution is 6.32. The minimum absolute atomic E-state index is 0.0332. The fraction of sp³-hybridized carbons (Fsp3) is 0.600. The van der Waals surface area contributed by atoms with E-state index in [9.17, 15) is 9.90 Å². The molecule has 8 heteroatoms.